The third-order valence-corrected chi connectivity index (χ3v) is 3.24. The van der Waals surface area contributed by atoms with Gasteiger partial charge in [0.1, 0.15) is 0 Å². The Kier molecular flexibility index (Phi) is 2.09. The molecule has 12 heavy (non-hydrogen) atoms. The molecule has 0 spiro atoms. The fourth-order valence-electron chi connectivity index (χ4n) is 2.67. The van der Waals surface area contributed by atoms with E-state index in [4.69, 9.17) is 4.74 Å². The van der Waals surface area contributed by atoms with E-state index in [2.05, 4.69) is 0 Å². The van der Waals surface area contributed by atoms with Gasteiger partial charge in [-0.3, -0.25) is 0 Å². The number of allylic oxidation sites excluding steroid dienone is 1. The molecule has 2 aliphatic carbocycles. The van der Waals surface area contributed by atoms with E-state index in [1.165, 1.54) is 12.0 Å². The first-order chi connectivity index (χ1) is 5.81. The second kappa shape index (κ2) is 3.09. The third kappa shape index (κ3) is 1.24. The molecule has 68 valence electrons. The maximum Gasteiger partial charge on any atom is 0.0816 e. The van der Waals surface area contributed by atoms with Gasteiger partial charge in [-0.1, -0.05) is 0 Å². The Morgan fingerprint density at radius 1 is 1.42 bits per heavy atom. The molecule has 0 aromatic rings. The van der Waals surface area contributed by atoms with Crippen molar-refractivity contribution in [1.82, 2.24) is 0 Å². The Labute approximate surface area is 73.2 Å². The smallest absolute Gasteiger partial charge is 0.0816 e. The molecule has 0 aromatic heterocycles. The van der Waals surface area contributed by atoms with E-state index in [0.717, 1.165) is 25.2 Å². The molecule has 2 nitrogen and oxygen atoms in total. The van der Waals surface area contributed by atoms with Crippen LogP contribution in [-0.2, 0) is 4.74 Å². The first-order valence-corrected chi connectivity index (χ1v) is 4.70. The Morgan fingerprint density at radius 2 is 2.25 bits per heavy atom. The highest BCUT2D eigenvalue weighted by Crippen LogP contribution is 2.46. The number of rotatable bonds is 1. The monoisotopic (exact) mass is 168 g/mol. The molecule has 0 amide bonds. The van der Waals surface area contributed by atoms with Crippen LogP contribution in [0.25, 0.3) is 0 Å². The van der Waals surface area contributed by atoms with Gasteiger partial charge >= 0.3 is 0 Å². The summed E-state index contributed by atoms with van der Waals surface area (Å²) in [6.07, 6.45) is 6.22. The summed E-state index contributed by atoms with van der Waals surface area (Å²) in [6.45, 7) is 0. The highest BCUT2D eigenvalue weighted by atomic mass is 16.5. The largest absolute Gasteiger partial charge is 0.504 e. The molecule has 0 radical (unpaired) electrons. The zero-order valence-corrected chi connectivity index (χ0v) is 7.49. The lowest BCUT2D eigenvalue weighted by Crippen LogP contribution is -2.13. The summed E-state index contributed by atoms with van der Waals surface area (Å²) in [5, 5.41) is 9.62. The molecular formula is C10H16O2. The van der Waals surface area contributed by atoms with Gasteiger partial charge in [-0.05, 0) is 43.1 Å². The van der Waals surface area contributed by atoms with Gasteiger partial charge in [0.15, 0.2) is 0 Å². The van der Waals surface area contributed by atoms with E-state index in [1.807, 2.05) is 6.26 Å². The van der Waals surface area contributed by atoms with Gasteiger partial charge < -0.3 is 9.84 Å². The average molecular weight is 168 g/mol. The quantitative estimate of drug-likeness (QED) is 0.604. The number of aliphatic hydroxyl groups excluding tert-OH is 1. The zero-order chi connectivity index (χ0) is 8.55. The number of hydrogen-bond acceptors (Lipinski definition) is 2. The fourth-order valence-corrected chi connectivity index (χ4v) is 2.67. The minimum atomic E-state index is -0.0437. The van der Waals surface area contributed by atoms with Gasteiger partial charge in [0.25, 0.3) is 0 Å². The zero-order valence-electron chi connectivity index (χ0n) is 7.49. The van der Waals surface area contributed by atoms with Gasteiger partial charge in [0.05, 0.1) is 19.5 Å². The number of fused-ring (bicyclic) bond motifs is 1. The summed E-state index contributed by atoms with van der Waals surface area (Å²) >= 11 is 0. The van der Waals surface area contributed by atoms with Gasteiger partial charge in [0.2, 0.25) is 0 Å². The number of methoxy groups -OCH3 is 1. The van der Waals surface area contributed by atoms with Gasteiger partial charge in [-0.15, -0.1) is 0 Å². The first kappa shape index (κ1) is 8.11. The van der Waals surface area contributed by atoms with Crippen molar-refractivity contribution in [2.45, 2.75) is 31.8 Å². The van der Waals surface area contributed by atoms with Crippen LogP contribution in [0.5, 0.6) is 0 Å². The van der Waals surface area contributed by atoms with Gasteiger partial charge in [-0.2, -0.15) is 0 Å². The molecular weight excluding hydrogens is 152 g/mol. The van der Waals surface area contributed by atoms with Crippen molar-refractivity contribution in [1.29, 1.82) is 0 Å². The lowest BCUT2D eigenvalue weighted by Gasteiger charge is -2.10. The van der Waals surface area contributed by atoms with Crippen LogP contribution >= 0.6 is 0 Å². The first-order valence-electron chi connectivity index (χ1n) is 4.70. The minimum absolute atomic E-state index is 0.0437. The number of ether oxygens (including phenoxy) is 1. The predicted molar refractivity (Wildman–Crippen MR) is 46.5 cm³/mol. The van der Waals surface area contributed by atoms with E-state index in [0.29, 0.717) is 5.92 Å². The SMILES string of the molecule is CO/C=C1/CC2CCC(O)C2C1. The summed E-state index contributed by atoms with van der Waals surface area (Å²) in [5.41, 5.74) is 1.38. The Hall–Kier alpha value is -0.500. The van der Waals surface area contributed by atoms with Crippen LogP contribution in [0.4, 0.5) is 0 Å². The van der Waals surface area contributed by atoms with Crippen molar-refractivity contribution in [2.24, 2.45) is 11.8 Å². The molecule has 0 heterocycles. The number of hydrogen-bond donors (Lipinski definition) is 1. The molecule has 2 fully saturated rings. The Bertz CT molecular complexity index is 198. The molecule has 3 unspecified atom stereocenters. The predicted octanol–water partition coefficient (Wildman–Crippen LogP) is 1.70. The molecule has 0 aliphatic heterocycles. The maximum atomic E-state index is 9.62. The summed E-state index contributed by atoms with van der Waals surface area (Å²) in [7, 11) is 1.69. The Balaban J connectivity index is 2.03. The second-order valence-electron chi connectivity index (χ2n) is 3.99. The molecule has 3 atom stereocenters. The van der Waals surface area contributed by atoms with E-state index in [9.17, 15) is 5.11 Å². The van der Waals surface area contributed by atoms with Crippen LogP contribution in [0.3, 0.4) is 0 Å². The van der Waals surface area contributed by atoms with E-state index >= 15 is 0 Å². The molecule has 0 bridgehead atoms. The highest BCUT2D eigenvalue weighted by Gasteiger charge is 2.40. The van der Waals surface area contributed by atoms with Crippen molar-refractivity contribution in [3.8, 4) is 0 Å². The number of aliphatic hydroxyl groups is 1. The lowest BCUT2D eigenvalue weighted by molar-refractivity contribution is 0.127. The molecule has 2 heteroatoms. The van der Waals surface area contributed by atoms with Crippen LogP contribution in [0, 0.1) is 11.8 Å². The van der Waals surface area contributed by atoms with Crippen LogP contribution in [0.15, 0.2) is 11.8 Å². The molecule has 2 saturated carbocycles. The molecule has 2 aliphatic rings. The van der Waals surface area contributed by atoms with E-state index in [1.54, 1.807) is 7.11 Å². The van der Waals surface area contributed by atoms with Crippen molar-refractivity contribution in [3.63, 3.8) is 0 Å². The minimum Gasteiger partial charge on any atom is -0.504 e. The summed E-state index contributed by atoms with van der Waals surface area (Å²) in [4.78, 5) is 0. The highest BCUT2D eigenvalue weighted by molar-refractivity contribution is 5.11. The van der Waals surface area contributed by atoms with Crippen LogP contribution in [0.1, 0.15) is 25.7 Å². The lowest BCUT2D eigenvalue weighted by atomic mass is 9.99. The van der Waals surface area contributed by atoms with Crippen LogP contribution < -0.4 is 0 Å². The van der Waals surface area contributed by atoms with Crippen molar-refractivity contribution in [3.05, 3.63) is 11.8 Å². The summed E-state index contributed by atoms with van der Waals surface area (Å²) < 4.78 is 4.98. The normalized spacial score (nSPS) is 43.5. The summed E-state index contributed by atoms with van der Waals surface area (Å²) in [6, 6.07) is 0. The van der Waals surface area contributed by atoms with Crippen molar-refractivity contribution in [2.75, 3.05) is 7.11 Å². The summed E-state index contributed by atoms with van der Waals surface area (Å²) in [5.74, 6) is 1.27. The van der Waals surface area contributed by atoms with E-state index < -0.39 is 0 Å². The Morgan fingerprint density at radius 3 is 2.92 bits per heavy atom. The standard InChI is InChI=1S/C10H16O2/c1-12-6-7-4-8-2-3-10(11)9(8)5-7/h6,8-11H,2-5H2,1H3/b7-6-. The van der Waals surface area contributed by atoms with Gasteiger partial charge in [-0.25, -0.2) is 0 Å². The maximum absolute atomic E-state index is 9.62. The van der Waals surface area contributed by atoms with Crippen molar-refractivity contribution < 1.29 is 9.84 Å². The second-order valence-corrected chi connectivity index (χ2v) is 3.99. The topological polar surface area (TPSA) is 29.5 Å². The van der Waals surface area contributed by atoms with E-state index in [-0.39, 0.29) is 6.10 Å². The fraction of sp³-hybridized carbons (Fsp3) is 0.800. The molecule has 0 saturated heterocycles. The average Bonchev–Trinajstić information content (AvgIpc) is 2.55. The molecule has 0 aromatic carbocycles. The molecule has 2 rings (SSSR count). The third-order valence-electron chi connectivity index (χ3n) is 3.24. The molecule has 1 N–H and O–H groups in total. The van der Waals surface area contributed by atoms with Crippen LogP contribution in [0.2, 0.25) is 0 Å². The van der Waals surface area contributed by atoms with Crippen molar-refractivity contribution >= 4 is 0 Å². The van der Waals surface area contributed by atoms with Crippen LogP contribution in [-0.4, -0.2) is 18.3 Å². The van der Waals surface area contributed by atoms with Gasteiger partial charge in [0, 0.05) is 0 Å².